The van der Waals surface area contributed by atoms with E-state index in [0.29, 0.717) is 16.4 Å². The molecule has 1 aliphatic rings. The number of rotatable bonds is 3. The van der Waals surface area contributed by atoms with E-state index in [4.69, 9.17) is 9.52 Å². The van der Waals surface area contributed by atoms with Gasteiger partial charge in [0, 0.05) is 5.56 Å². The highest BCUT2D eigenvalue weighted by Gasteiger charge is 2.26. The Bertz CT molecular complexity index is 742. The molecule has 0 atom stereocenters. The Hall–Kier alpha value is -2.11. The van der Waals surface area contributed by atoms with E-state index in [1.165, 1.54) is 0 Å². The molecule has 0 bridgehead atoms. The van der Waals surface area contributed by atoms with Crippen molar-refractivity contribution in [2.75, 3.05) is 0 Å². The summed E-state index contributed by atoms with van der Waals surface area (Å²) in [6.07, 6.45) is 1.56. The number of allylic oxidation sites excluding steroid dienone is 1. The zero-order valence-corrected chi connectivity index (χ0v) is 11.9. The molecule has 1 aliphatic heterocycles. The lowest BCUT2D eigenvalue weighted by molar-refractivity contribution is -0.119. The first-order chi connectivity index (χ1) is 10.2. The van der Waals surface area contributed by atoms with Gasteiger partial charge in [0.1, 0.15) is 11.5 Å². The average Bonchev–Trinajstić information content (AvgIpc) is 3.06. The maximum absolute atomic E-state index is 11.6. The van der Waals surface area contributed by atoms with Gasteiger partial charge in [0.2, 0.25) is 5.12 Å². The highest BCUT2D eigenvalue weighted by atomic mass is 32.2. The summed E-state index contributed by atoms with van der Waals surface area (Å²) in [6, 6.07) is 11.0. The summed E-state index contributed by atoms with van der Waals surface area (Å²) in [5.41, 5.74) is 1.66. The van der Waals surface area contributed by atoms with Gasteiger partial charge in [0.25, 0.3) is 0 Å². The van der Waals surface area contributed by atoms with Gasteiger partial charge in [0.05, 0.1) is 17.9 Å². The Morgan fingerprint density at radius 3 is 2.81 bits per heavy atom. The van der Waals surface area contributed by atoms with E-state index in [1.54, 1.807) is 18.2 Å². The first-order valence-corrected chi connectivity index (χ1v) is 7.23. The molecule has 5 heteroatoms. The molecule has 0 spiro atoms. The van der Waals surface area contributed by atoms with Gasteiger partial charge in [-0.25, -0.2) is 0 Å². The number of carbonyl (C=O) groups is 2. The van der Waals surface area contributed by atoms with Crippen LogP contribution in [0.2, 0.25) is 0 Å². The van der Waals surface area contributed by atoms with Crippen molar-refractivity contribution >= 4 is 28.7 Å². The molecule has 4 nitrogen and oxygen atoms in total. The molecule has 3 rings (SSSR count). The summed E-state index contributed by atoms with van der Waals surface area (Å²) < 4.78 is 5.68. The SMILES string of the molecule is O=C1CC(=O)C(=Cc2ccc(-c3cccc(CO)c3)o2)S1. The van der Waals surface area contributed by atoms with Gasteiger partial charge in [-0.2, -0.15) is 0 Å². The van der Waals surface area contributed by atoms with Crippen molar-refractivity contribution in [2.24, 2.45) is 0 Å². The quantitative estimate of drug-likeness (QED) is 0.697. The maximum Gasteiger partial charge on any atom is 0.201 e. The summed E-state index contributed by atoms with van der Waals surface area (Å²) >= 11 is 0.959. The molecule has 0 unspecified atom stereocenters. The van der Waals surface area contributed by atoms with Gasteiger partial charge in [-0.05, 0) is 41.6 Å². The van der Waals surface area contributed by atoms with Gasteiger partial charge < -0.3 is 9.52 Å². The number of aliphatic hydroxyl groups is 1. The second-order valence-electron chi connectivity index (χ2n) is 4.64. The Morgan fingerprint density at radius 2 is 2.10 bits per heavy atom. The molecule has 0 aliphatic carbocycles. The molecule has 2 heterocycles. The average molecular weight is 300 g/mol. The van der Waals surface area contributed by atoms with Crippen molar-refractivity contribution in [1.82, 2.24) is 0 Å². The lowest BCUT2D eigenvalue weighted by Gasteiger charge is -2.00. The minimum atomic E-state index is -0.162. The van der Waals surface area contributed by atoms with Crippen LogP contribution in [0.25, 0.3) is 17.4 Å². The fraction of sp³-hybridized carbons (Fsp3) is 0.125. The highest BCUT2D eigenvalue weighted by Crippen LogP contribution is 2.32. The topological polar surface area (TPSA) is 67.5 Å². The monoisotopic (exact) mass is 300 g/mol. The fourth-order valence-electron chi connectivity index (χ4n) is 2.08. The minimum absolute atomic E-state index is 0.0291. The Morgan fingerprint density at radius 1 is 1.24 bits per heavy atom. The molecule has 1 aromatic carbocycles. The number of aliphatic hydroxyl groups excluding tert-OH is 1. The number of Topliss-reactive ketones (excluding diaryl/α,β-unsaturated/α-hetero) is 1. The Balaban J connectivity index is 1.88. The molecule has 2 aromatic rings. The third-order valence-electron chi connectivity index (χ3n) is 3.10. The van der Waals surface area contributed by atoms with Gasteiger partial charge in [-0.3, -0.25) is 9.59 Å². The van der Waals surface area contributed by atoms with Crippen LogP contribution >= 0.6 is 11.8 Å². The van der Waals surface area contributed by atoms with E-state index in [9.17, 15) is 9.59 Å². The van der Waals surface area contributed by atoms with Crippen molar-refractivity contribution in [3.05, 3.63) is 52.6 Å². The van der Waals surface area contributed by atoms with Crippen LogP contribution in [0.4, 0.5) is 0 Å². The molecule has 106 valence electrons. The molecule has 0 saturated carbocycles. The van der Waals surface area contributed by atoms with Crippen LogP contribution in [0.15, 0.2) is 45.7 Å². The first-order valence-electron chi connectivity index (χ1n) is 6.41. The molecule has 1 fully saturated rings. The number of ketones is 1. The smallest absolute Gasteiger partial charge is 0.201 e. The number of hydrogen-bond donors (Lipinski definition) is 1. The van der Waals surface area contributed by atoms with Crippen molar-refractivity contribution < 1.29 is 19.1 Å². The summed E-state index contributed by atoms with van der Waals surface area (Å²) in [6.45, 7) is -0.0291. The van der Waals surface area contributed by atoms with E-state index in [2.05, 4.69) is 0 Å². The summed E-state index contributed by atoms with van der Waals surface area (Å²) in [4.78, 5) is 23.2. The Labute approximate surface area is 125 Å². The molecular formula is C16H12O4S. The zero-order chi connectivity index (χ0) is 14.8. The number of furan rings is 1. The number of carbonyl (C=O) groups excluding carboxylic acids is 2. The van der Waals surface area contributed by atoms with Crippen LogP contribution in [0, 0.1) is 0 Å². The van der Waals surface area contributed by atoms with Crippen molar-refractivity contribution in [1.29, 1.82) is 0 Å². The number of thioether (sulfide) groups is 1. The first kappa shape index (κ1) is 13.9. The van der Waals surface area contributed by atoms with Crippen LogP contribution in [0.1, 0.15) is 17.7 Å². The van der Waals surface area contributed by atoms with Crippen molar-refractivity contribution in [3.8, 4) is 11.3 Å². The Kier molecular flexibility index (Phi) is 3.77. The predicted molar refractivity (Wildman–Crippen MR) is 80.3 cm³/mol. The van der Waals surface area contributed by atoms with Gasteiger partial charge >= 0.3 is 0 Å². The maximum atomic E-state index is 11.6. The molecule has 1 N–H and O–H groups in total. The standard InChI is InChI=1S/C16H12O4S/c17-9-10-2-1-3-11(6-10)14-5-4-12(20-14)7-15-13(18)8-16(19)21-15/h1-7,17H,8-9H2. The normalized spacial score (nSPS) is 16.9. The van der Waals surface area contributed by atoms with Crippen LogP contribution in [0.5, 0.6) is 0 Å². The molecule has 1 aromatic heterocycles. The molecular weight excluding hydrogens is 288 g/mol. The largest absolute Gasteiger partial charge is 0.457 e. The minimum Gasteiger partial charge on any atom is -0.457 e. The van der Waals surface area contributed by atoms with Gasteiger partial charge in [-0.1, -0.05) is 18.2 Å². The number of benzene rings is 1. The third kappa shape index (κ3) is 2.99. The zero-order valence-electron chi connectivity index (χ0n) is 11.0. The van der Waals surface area contributed by atoms with E-state index < -0.39 is 0 Å². The summed E-state index contributed by atoms with van der Waals surface area (Å²) in [5.74, 6) is 1.02. The second-order valence-corrected chi connectivity index (χ2v) is 5.74. The molecule has 1 saturated heterocycles. The predicted octanol–water partition coefficient (Wildman–Crippen LogP) is 3.01. The lowest BCUT2D eigenvalue weighted by atomic mass is 10.1. The highest BCUT2D eigenvalue weighted by molar-refractivity contribution is 8.18. The lowest BCUT2D eigenvalue weighted by Crippen LogP contribution is -1.91. The van der Waals surface area contributed by atoms with Crippen LogP contribution in [-0.4, -0.2) is 16.0 Å². The third-order valence-corrected chi connectivity index (χ3v) is 4.04. The molecule has 0 radical (unpaired) electrons. The van der Waals surface area contributed by atoms with E-state index in [0.717, 1.165) is 22.9 Å². The van der Waals surface area contributed by atoms with Gasteiger partial charge in [0.15, 0.2) is 5.78 Å². The fourth-order valence-corrected chi connectivity index (χ4v) is 2.89. The number of hydrogen-bond acceptors (Lipinski definition) is 5. The summed E-state index contributed by atoms with van der Waals surface area (Å²) in [5, 5.41) is 9.01. The summed E-state index contributed by atoms with van der Waals surface area (Å²) in [7, 11) is 0. The molecule has 21 heavy (non-hydrogen) atoms. The second kappa shape index (κ2) is 5.71. The molecule has 0 amide bonds. The van der Waals surface area contributed by atoms with Crippen molar-refractivity contribution in [3.63, 3.8) is 0 Å². The van der Waals surface area contributed by atoms with Crippen molar-refractivity contribution in [2.45, 2.75) is 13.0 Å². The van der Waals surface area contributed by atoms with E-state index in [1.807, 2.05) is 24.3 Å². The van der Waals surface area contributed by atoms with Crippen LogP contribution < -0.4 is 0 Å². The van der Waals surface area contributed by atoms with Crippen LogP contribution in [-0.2, 0) is 16.2 Å². The van der Waals surface area contributed by atoms with Gasteiger partial charge in [-0.15, -0.1) is 0 Å². The van der Waals surface area contributed by atoms with E-state index >= 15 is 0 Å². The van der Waals surface area contributed by atoms with Crippen LogP contribution in [0.3, 0.4) is 0 Å². The van der Waals surface area contributed by atoms with E-state index in [-0.39, 0.29) is 23.9 Å².